The molecule has 0 aromatic carbocycles. The van der Waals surface area contributed by atoms with Crippen LogP contribution in [0.1, 0.15) is 67.0 Å². The first-order chi connectivity index (χ1) is 16.0. The second-order valence-corrected chi connectivity index (χ2v) is 9.77. The monoisotopic (exact) mass is 474 g/mol. The predicted molar refractivity (Wildman–Crippen MR) is 129 cm³/mol. The van der Waals surface area contributed by atoms with Crippen molar-refractivity contribution >= 4 is 39.3 Å². The van der Waals surface area contributed by atoms with Crippen molar-refractivity contribution in [1.82, 2.24) is 14.9 Å². The van der Waals surface area contributed by atoms with Crippen molar-refractivity contribution in [2.24, 2.45) is 5.92 Å². The van der Waals surface area contributed by atoms with Gasteiger partial charge in [-0.2, -0.15) is 0 Å². The number of fused-ring (bicyclic) bond motifs is 1. The fourth-order valence-electron chi connectivity index (χ4n) is 4.76. The third-order valence-corrected chi connectivity index (χ3v) is 7.67. The molecule has 2 aliphatic rings. The van der Waals surface area contributed by atoms with Crippen LogP contribution in [0, 0.1) is 12.8 Å². The zero-order chi connectivity index (χ0) is 23.4. The topological polar surface area (TPSA) is 84.9 Å². The van der Waals surface area contributed by atoms with Gasteiger partial charge < -0.3 is 14.4 Å². The lowest BCUT2D eigenvalue weighted by molar-refractivity contribution is -0.148. The van der Waals surface area contributed by atoms with Crippen molar-refractivity contribution < 1.29 is 19.1 Å². The maximum atomic E-state index is 12.6. The van der Waals surface area contributed by atoms with Crippen LogP contribution >= 0.6 is 11.3 Å². The second kappa shape index (κ2) is 10.8. The van der Waals surface area contributed by atoms with E-state index in [0.29, 0.717) is 24.6 Å². The van der Waals surface area contributed by atoms with Gasteiger partial charge in [0.15, 0.2) is 0 Å². The van der Waals surface area contributed by atoms with Gasteiger partial charge in [-0.1, -0.05) is 6.42 Å². The van der Waals surface area contributed by atoms with Crippen LogP contribution in [0.15, 0.2) is 0 Å². The van der Waals surface area contributed by atoms with Crippen LogP contribution in [0.3, 0.4) is 0 Å². The number of aryl methyl sites for hydroxylation is 1. The number of nitrogens with zero attached hydrogens (tertiary/aromatic N) is 4. The van der Waals surface area contributed by atoms with Gasteiger partial charge in [-0.25, -0.2) is 14.8 Å². The molecule has 0 unspecified atom stereocenters. The number of anilines is 1. The Morgan fingerprint density at radius 3 is 2.36 bits per heavy atom. The fraction of sp³-hybridized carbons (Fsp3) is 0.667. The van der Waals surface area contributed by atoms with E-state index < -0.39 is 0 Å². The highest BCUT2D eigenvalue weighted by atomic mass is 32.1. The number of aromatic nitrogens is 2. The molecule has 0 bridgehead atoms. The van der Waals surface area contributed by atoms with Crippen LogP contribution in [-0.4, -0.2) is 66.2 Å². The van der Waals surface area contributed by atoms with E-state index in [1.165, 1.54) is 30.6 Å². The molecule has 0 amide bonds. The smallest absolute Gasteiger partial charge is 0.348 e. The lowest BCUT2D eigenvalue weighted by atomic mass is 9.96. The number of hydrogen-bond donors (Lipinski definition) is 0. The zero-order valence-corrected chi connectivity index (χ0v) is 20.7. The van der Waals surface area contributed by atoms with Crippen molar-refractivity contribution in [3.05, 3.63) is 16.3 Å². The summed E-state index contributed by atoms with van der Waals surface area (Å²) in [6, 6.07) is 0. The van der Waals surface area contributed by atoms with Gasteiger partial charge in [-0.15, -0.1) is 11.3 Å². The summed E-state index contributed by atoms with van der Waals surface area (Å²) < 4.78 is 10.5. The number of carbonyl (C=O) groups is 2. The Morgan fingerprint density at radius 2 is 1.70 bits per heavy atom. The average Bonchev–Trinajstić information content (AvgIpc) is 3.16. The molecule has 2 aromatic rings. The van der Waals surface area contributed by atoms with Gasteiger partial charge in [0.25, 0.3) is 0 Å². The molecule has 180 valence electrons. The third kappa shape index (κ3) is 5.30. The molecule has 4 heterocycles. The molecule has 8 nitrogen and oxygen atoms in total. The molecule has 0 radical (unpaired) electrons. The van der Waals surface area contributed by atoms with Gasteiger partial charge >= 0.3 is 11.9 Å². The number of likely N-dealkylation sites (tertiary alicyclic amines) is 1. The molecule has 0 spiro atoms. The largest absolute Gasteiger partial charge is 0.466 e. The Kier molecular flexibility index (Phi) is 7.80. The van der Waals surface area contributed by atoms with E-state index in [4.69, 9.17) is 19.4 Å². The van der Waals surface area contributed by atoms with Crippen LogP contribution in [0.4, 0.5) is 5.82 Å². The third-order valence-electron chi connectivity index (χ3n) is 6.51. The lowest BCUT2D eigenvalue weighted by Crippen LogP contribution is -2.38. The van der Waals surface area contributed by atoms with Crippen LogP contribution in [0.5, 0.6) is 0 Å². The molecule has 2 aromatic heterocycles. The standard InChI is InChI=1S/C24H34N4O4S/c1-4-31-23(29)17-9-13-28(14-10-17)21-19-16(3)20(24(30)32-5-2)33-22(19)26-18(25-21)15-27-11-7-6-8-12-27/h17H,4-15H2,1-3H3. The first-order valence-corrected chi connectivity index (χ1v) is 12.9. The predicted octanol–water partition coefficient (Wildman–Crippen LogP) is 3.94. The second-order valence-electron chi connectivity index (χ2n) is 8.77. The van der Waals surface area contributed by atoms with Crippen molar-refractivity contribution in [1.29, 1.82) is 0 Å². The van der Waals surface area contributed by atoms with Crippen LogP contribution in [0.25, 0.3) is 10.2 Å². The van der Waals surface area contributed by atoms with Gasteiger partial charge in [0.1, 0.15) is 21.3 Å². The molecule has 0 aliphatic carbocycles. The fourth-order valence-corrected chi connectivity index (χ4v) is 5.84. The van der Waals surface area contributed by atoms with Crippen LogP contribution < -0.4 is 4.90 Å². The number of rotatable bonds is 7. The quantitative estimate of drug-likeness (QED) is 0.558. The van der Waals surface area contributed by atoms with E-state index in [-0.39, 0.29) is 17.9 Å². The lowest BCUT2D eigenvalue weighted by Gasteiger charge is -2.32. The molecule has 4 rings (SSSR count). The van der Waals surface area contributed by atoms with Gasteiger partial charge in [-0.3, -0.25) is 9.69 Å². The van der Waals surface area contributed by atoms with Crippen LogP contribution in [-0.2, 0) is 20.8 Å². The summed E-state index contributed by atoms with van der Waals surface area (Å²) in [5.74, 6) is 1.20. The summed E-state index contributed by atoms with van der Waals surface area (Å²) in [4.78, 5) is 40.7. The molecule has 0 N–H and O–H groups in total. The molecule has 2 saturated heterocycles. The van der Waals surface area contributed by atoms with Crippen molar-refractivity contribution in [3.8, 4) is 0 Å². The van der Waals surface area contributed by atoms with Gasteiger partial charge in [-0.05, 0) is 65.1 Å². The summed E-state index contributed by atoms with van der Waals surface area (Å²) in [6.45, 7) is 10.7. The van der Waals surface area contributed by atoms with Gasteiger partial charge in [0.2, 0.25) is 0 Å². The first-order valence-electron chi connectivity index (χ1n) is 12.1. The molecule has 33 heavy (non-hydrogen) atoms. The average molecular weight is 475 g/mol. The summed E-state index contributed by atoms with van der Waals surface area (Å²) >= 11 is 1.39. The maximum Gasteiger partial charge on any atom is 0.348 e. The van der Waals surface area contributed by atoms with E-state index in [1.807, 2.05) is 20.8 Å². The van der Waals surface area contributed by atoms with Crippen molar-refractivity contribution in [2.75, 3.05) is 44.3 Å². The maximum absolute atomic E-state index is 12.6. The molecule has 9 heteroatoms. The number of thiophene rings is 1. The number of esters is 2. The first kappa shape index (κ1) is 23.9. The van der Waals surface area contributed by atoms with Crippen LogP contribution in [0.2, 0.25) is 0 Å². The number of hydrogen-bond acceptors (Lipinski definition) is 9. The normalized spacial score (nSPS) is 18.0. The van der Waals surface area contributed by atoms with Crippen molar-refractivity contribution in [2.45, 2.75) is 59.4 Å². The summed E-state index contributed by atoms with van der Waals surface area (Å²) in [5.41, 5.74) is 0.875. The molecular formula is C24H34N4O4S. The van der Waals surface area contributed by atoms with Crippen molar-refractivity contribution in [3.63, 3.8) is 0 Å². The summed E-state index contributed by atoms with van der Waals surface area (Å²) in [5, 5.41) is 0.931. The SMILES string of the molecule is CCOC(=O)c1sc2nc(CN3CCCCC3)nc(N3CCC(C(=O)OCC)CC3)c2c1C. The Bertz CT molecular complexity index is 994. The zero-order valence-electron chi connectivity index (χ0n) is 19.9. The minimum atomic E-state index is -0.303. The minimum Gasteiger partial charge on any atom is -0.466 e. The Hall–Kier alpha value is -2.26. The highest BCUT2D eigenvalue weighted by Crippen LogP contribution is 2.37. The number of ether oxygens (including phenoxy) is 2. The highest BCUT2D eigenvalue weighted by Gasteiger charge is 2.30. The van der Waals surface area contributed by atoms with E-state index in [9.17, 15) is 9.59 Å². The molecule has 0 saturated carbocycles. The molecule has 0 atom stereocenters. The van der Waals surface area contributed by atoms with E-state index in [0.717, 1.165) is 66.4 Å². The highest BCUT2D eigenvalue weighted by molar-refractivity contribution is 7.20. The summed E-state index contributed by atoms with van der Waals surface area (Å²) in [7, 11) is 0. The number of carbonyl (C=O) groups excluding carboxylic acids is 2. The Balaban J connectivity index is 1.66. The van der Waals surface area contributed by atoms with E-state index in [2.05, 4.69) is 9.80 Å². The van der Waals surface area contributed by atoms with E-state index >= 15 is 0 Å². The minimum absolute atomic E-state index is 0.0648. The Morgan fingerprint density at radius 1 is 1.00 bits per heavy atom. The molecular weight excluding hydrogens is 440 g/mol. The Labute approximate surface area is 199 Å². The van der Waals surface area contributed by atoms with Gasteiger partial charge in [0, 0.05) is 13.1 Å². The van der Waals surface area contributed by atoms with Gasteiger partial charge in [0.05, 0.1) is 31.1 Å². The van der Waals surface area contributed by atoms with E-state index in [1.54, 1.807) is 0 Å². The molecule has 2 fully saturated rings. The summed E-state index contributed by atoms with van der Waals surface area (Å²) in [6.07, 6.45) is 5.17. The molecule has 2 aliphatic heterocycles. The number of piperidine rings is 2.